The third-order valence-electron chi connectivity index (χ3n) is 3.22. The molecule has 0 saturated carbocycles. The lowest BCUT2D eigenvalue weighted by Gasteiger charge is -2.36. The third-order valence-corrected chi connectivity index (χ3v) is 5.73. The van der Waals surface area contributed by atoms with E-state index in [1.807, 2.05) is 12.2 Å². The van der Waals surface area contributed by atoms with Gasteiger partial charge in [-0.1, -0.05) is 31.9 Å². The first-order valence-corrected chi connectivity index (χ1v) is 9.60. The van der Waals surface area contributed by atoms with E-state index in [0.717, 1.165) is 18.9 Å². The maximum absolute atomic E-state index is 11.0. The second-order valence-corrected chi connectivity index (χ2v) is 9.77. The Morgan fingerprint density at radius 1 is 1.53 bits per heavy atom. The zero-order valence-electron chi connectivity index (χ0n) is 11.2. The fourth-order valence-electron chi connectivity index (χ4n) is 2.44. The molecule has 0 aromatic rings. The molecular weight excluding hydrogens is 232 g/mol. The zero-order chi connectivity index (χ0) is 12.9. The van der Waals surface area contributed by atoms with Crippen molar-refractivity contribution in [1.82, 2.24) is 0 Å². The molecule has 1 aliphatic carbocycles. The highest BCUT2D eigenvalue weighted by atomic mass is 28.4. The summed E-state index contributed by atoms with van der Waals surface area (Å²) in [5, 5.41) is 9.01. The van der Waals surface area contributed by atoms with E-state index in [-0.39, 0.29) is 6.42 Å². The summed E-state index contributed by atoms with van der Waals surface area (Å²) in [6.45, 7) is 6.56. The summed E-state index contributed by atoms with van der Waals surface area (Å²) in [6, 6.07) is 1.11. The van der Waals surface area contributed by atoms with Gasteiger partial charge in [-0.3, -0.25) is 4.79 Å². The van der Waals surface area contributed by atoms with Gasteiger partial charge < -0.3 is 9.53 Å². The van der Waals surface area contributed by atoms with Gasteiger partial charge in [0.1, 0.15) is 0 Å². The van der Waals surface area contributed by atoms with Gasteiger partial charge in [0.15, 0.2) is 8.32 Å². The molecule has 1 atom stereocenters. The van der Waals surface area contributed by atoms with E-state index < -0.39 is 19.9 Å². The first-order chi connectivity index (χ1) is 7.89. The van der Waals surface area contributed by atoms with Crippen LogP contribution in [0, 0.1) is 0 Å². The Morgan fingerprint density at radius 3 is 2.71 bits per heavy atom. The van der Waals surface area contributed by atoms with Gasteiger partial charge in [0.05, 0.1) is 12.0 Å². The lowest BCUT2D eigenvalue weighted by Crippen LogP contribution is -2.43. The maximum Gasteiger partial charge on any atom is 0.306 e. The molecule has 0 radical (unpaired) electrons. The summed E-state index contributed by atoms with van der Waals surface area (Å²) in [6.07, 6.45) is 8.22. The lowest BCUT2D eigenvalue weighted by atomic mass is 10.00. The van der Waals surface area contributed by atoms with Crippen LogP contribution in [0.4, 0.5) is 0 Å². The van der Waals surface area contributed by atoms with E-state index in [9.17, 15) is 4.79 Å². The number of carboxylic acids is 1. The van der Waals surface area contributed by atoms with Crippen molar-refractivity contribution in [2.75, 3.05) is 0 Å². The summed E-state index contributed by atoms with van der Waals surface area (Å²) in [5.74, 6) is -0.767. The number of carboxylic acid groups (broad SMARTS) is 1. The molecule has 0 aliphatic heterocycles. The standard InChI is InChI=1S/C13H24O3Si/c1-4-5-10-17(2,3)16-13(11-12(14)15)8-6-7-9-13/h6,8H,4-5,7,9-11H2,1-3H3,(H,14,15). The van der Waals surface area contributed by atoms with E-state index in [0.29, 0.717) is 0 Å². The number of aliphatic carboxylic acids is 1. The molecule has 17 heavy (non-hydrogen) atoms. The van der Waals surface area contributed by atoms with Crippen molar-refractivity contribution in [2.24, 2.45) is 0 Å². The SMILES string of the molecule is CCCC[Si](C)(C)OC1(CC(=O)O)C=CCC1. The van der Waals surface area contributed by atoms with E-state index in [2.05, 4.69) is 20.0 Å². The average Bonchev–Trinajstić information content (AvgIpc) is 2.61. The van der Waals surface area contributed by atoms with Crippen molar-refractivity contribution in [3.05, 3.63) is 12.2 Å². The molecule has 0 spiro atoms. The smallest absolute Gasteiger partial charge is 0.306 e. The highest BCUT2D eigenvalue weighted by Gasteiger charge is 2.39. The van der Waals surface area contributed by atoms with Crippen LogP contribution in [-0.2, 0) is 9.22 Å². The number of allylic oxidation sites excluding steroid dienone is 1. The Morgan fingerprint density at radius 2 is 2.24 bits per heavy atom. The van der Waals surface area contributed by atoms with Crippen molar-refractivity contribution in [2.45, 2.75) is 63.8 Å². The molecule has 1 aliphatic rings. The maximum atomic E-state index is 11.0. The molecule has 3 nitrogen and oxygen atoms in total. The summed E-state index contributed by atoms with van der Waals surface area (Å²) in [4.78, 5) is 11.0. The van der Waals surface area contributed by atoms with Gasteiger partial charge in [-0.05, 0) is 32.0 Å². The van der Waals surface area contributed by atoms with Crippen molar-refractivity contribution in [3.63, 3.8) is 0 Å². The second kappa shape index (κ2) is 5.82. The minimum absolute atomic E-state index is 0.103. The molecule has 1 unspecified atom stereocenters. The number of carbonyl (C=O) groups is 1. The fourth-order valence-corrected chi connectivity index (χ4v) is 5.09. The first kappa shape index (κ1) is 14.4. The van der Waals surface area contributed by atoms with E-state index >= 15 is 0 Å². The third kappa shape index (κ3) is 4.64. The Hall–Kier alpha value is -0.613. The van der Waals surface area contributed by atoms with Crippen molar-refractivity contribution >= 4 is 14.3 Å². The highest BCUT2D eigenvalue weighted by molar-refractivity contribution is 6.71. The van der Waals surface area contributed by atoms with Gasteiger partial charge in [0, 0.05) is 0 Å². The predicted molar refractivity (Wildman–Crippen MR) is 71.6 cm³/mol. The molecule has 0 heterocycles. The largest absolute Gasteiger partial charge is 0.481 e. The molecule has 0 amide bonds. The summed E-state index contributed by atoms with van der Waals surface area (Å²) >= 11 is 0. The van der Waals surface area contributed by atoms with Crippen LogP contribution in [-0.4, -0.2) is 25.0 Å². The Balaban J connectivity index is 2.66. The molecule has 0 aromatic heterocycles. The highest BCUT2D eigenvalue weighted by Crippen LogP contribution is 2.34. The van der Waals surface area contributed by atoms with Crippen LogP contribution in [0.2, 0.25) is 19.1 Å². The Labute approximate surface area is 105 Å². The molecule has 0 fully saturated rings. The predicted octanol–water partition coefficient (Wildman–Crippen LogP) is 3.57. The van der Waals surface area contributed by atoms with Crippen LogP contribution in [0.15, 0.2) is 12.2 Å². The van der Waals surface area contributed by atoms with Crippen LogP contribution in [0.3, 0.4) is 0 Å². The van der Waals surface area contributed by atoms with Gasteiger partial charge in [-0.25, -0.2) is 0 Å². The van der Waals surface area contributed by atoms with E-state index in [1.165, 1.54) is 12.8 Å². The molecule has 1 rings (SSSR count). The van der Waals surface area contributed by atoms with E-state index in [1.54, 1.807) is 0 Å². The van der Waals surface area contributed by atoms with Crippen molar-refractivity contribution in [3.8, 4) is 0 Å². The normalized spacial score (nSPS) is 24.2. The van der Waals surface area contributed by atoms with Gasteiger partial charge >= 0.3 is 5.97 Å². The second-order valence-electron chi connectivity index (χ2n) is 5.54. The summed E-state index contributed by atoms with van der Waals surface area (Å²) in [5.41, 5.74) is -0.519. The fraction of sp³-hybridized carbons (Fsp3) is 0.769. The molecule has 98 valence electrons. The van der Waals surface area contributed by atoms with Crippen LogP contribution in [0.5, 0.6) is 0 Å². The number of hydrogen-bond acceptors (Lipinski definition) is 2. The summed E-state index contributed by atoms with van der Waals surface area (Å²) < 4.78 is 6.27. The molecule has 0 bridgehead atoms. The Kier molecular flexibility index (Phi) is 4.95. The van der Waals surface area contributed by atoms with E-state index in [4.69, 9.17) is 9.53 Å². The van der Waals surface area contributed by atoms with Crippen LogP contribution < -0.4 is 0 Å². The topological polar surface area (TPSA) is 46.5 Å². The zero-order valence-corrected chi connectivity index (χ0v) is 12.2. The monoisotopic (exact) mass is 256 g/mol. The van der Waals surface area contributed by atoms with Crippen LogP contribution >= 0.6 is 0 Å². The number of unbranched alkanes of at least 4 members (excludes halogenated alkanes) is 1. The Bertz CT molecular complexity index is 299. The van der Waals surface area contributed by atoms with Gasteiger partial charge in [0.25, 0.3) is 0 Å². The minimum Gasteiger partial charge on any atom is -0.481 e. The lowest BCUT2D eigenvalue weighted by molar-refractivity contribution is -0.140. The first-order valence-electron chi connectivity index (χ1n) is 6.49. The molecular formula is C13H24O3Si. The molecule has 0 saturated heterocycles. The van der Waals surface area contributed by atoms with Crippen molar-refractivity contribution < 1.29 is 14.3 Å². The molecule has 0 aromatic carbocycles. The number of rotatable bonds is 7. The van der Waals surface area contributed by atoms with Gasteiger partial charge in [-0.2, -0.15) is 0 Å². The van der Waals surface area contributed by atoms with Crippen LogP contribution in [0.1, 0.15) is 39.0 Å². The molecule has 4 heteroatoms. The minimum atomic E-state index is -1.74. The van der Waals surface area contributed by atoms with Gasteiger partial charge in [-0.15, -0.1) is 0 Å². The van der Waals surface area contributed by atoms with Gasteiger partial charge in [0.2, 0.25) is 0 Å². The summed E-state index contributed by atoms with van der Waals surface area (Å²) in [7, 11) is -1.74. The average molecular weight is 256 g/mol. The van der Waals surface area contributed by atoms with Crippen molar-refractivity contribution in [1.29, 1.82) is 0 Å². The molecule has 1 N–H and O–H groups in total. The number of hydrogen-bond donors (Lipinski definition) is 1. The quantitative estimate of drug-likeness (QED) is 0.559. The van der Waals surface area contributed by atoms with Crippen LogP contribution in [0.25, 0.3) is 0 Å².